The van der Waals surface area contributed by atoms with Crippen LogP contribution in [0.3, 0.4) is 0 Å². The van der Waals surface area contributed by atoms with Crippen LogP contribution in [-0.2, 0) is 0 Å². The fourth-order valence-electron chi connectivity index (χ4n) is 3.74. The highest BCUT2D eigenvalue weighted by atomic mass is 14.7. The standard InChI is InChI=1S/C12H20/c1-8(2)12-7-10(12)9(3)6-11(12,4)5/h6,8,10H,7H2,1-5H3. The van der Waals surface area contributed by atoms with E-state index >= 15 is 0 Å². The van der Waals surface area contributed by atoms with Gasteiger partial charge >= 0.3 is 0 Å². The average molecular weight is 164 g/mol. The minimum absolute atomic E-state index is 0.454. The van der Waals surface area contributed by atoms with Gasteiger partial charge in [-0.2, -0.15) is 0 Å². The lowest BCUT2D eigenvalue weighted by Crippen LogP contribution is -2.27. The monoisotopic (exact) mass is 164 g/mol. The zero-order chi connectivity index (χ0) is 9.15. The Morgan fingerprint density at radius 1 is 1.42 bits per heavy atom. The van der Waals surface area contributed by atoms with Gasteiger partial charge in [-0.3, -0.25) is 0 Å². The molecule has 2 rings (SSSR count). The first-order valence-electron chi connectivity index (χ1n) is 5.11. The molecule has 0 aromatic rings. The minimum atomic E-state index is 0.454. The molecule has 0 aromatic heterocycles. The van der Waals surface area contributed by atoms with Crippen molar-refractivity contribution in [1.82, 2.24) is 0 Å². The smallest absolute Gasteiger partial charge is 0.0107 e. The van der Waals surface area contributed by atoms with Gasteiger partial charge in [0.15, 0.2) is 0 Å². The van der Waals surface area contributed by atoms with E-state index in [2.05, 4.69) is 40.7 Å². The van der Waals surface area contributed by atoms with Crippen molar-refractivity contribution in [2.75, 3.05) is 0 Å². The molecule has 0 bridgehead atoms. The first-order valence-corrected chi connectivity index (χ1v) is 5.11. The van der Waals surface area contributed by atoms with Crippen molar-refractivity contribution in [2.45, 2.75) is 41.0 Å². The number of fused-ring (bicyclic) bond motifs is 1. The van der Waals surface area contributed by atoms with Crippen molar-refractivity contribution in [1.29, 1.82) is 0 Å². The summed E-state index contributed by atoms with van der Waals surface area (Å²) in [6, 6.07) is 0. The SMILES string of the molecule is CC1=CC(C)(C)C2(C(C)C)CC12. The molecular formula is C12H20. The van der Waals surface area contributed by atoms with Gasteiger partial charge in [0.25, 0.3) is 0 Å². The van der Waals surface area contributed by atoms with Crippen molar-refractivity contribution < 1.29 is 0 Å². The van der Waals surface area contributed by atoms with Crippen LogP contribution < -0.4 is 0 Å². The summed E-state index contributed by atoms with van der Waals surface area (Å²) < 4.78 is 0. The molecule has 12 heavy (non-hydrogen) atoms. The van der Waals surface area contributed by atoms with Crippen molar-refractivity contribution in [3.8, 4) is 0 Å². The molecule has 0 spiro atoms. The van der Waals surface area contributed by atoms with E-state index in [9.17, 15) is 0 Å². The topological polar surface area (TPSA) is 0 Å². The maximum Gasteiger partial charge on any atom is -0.0107 e. The third kappa shape index (κ3) is 0.694. The maximum absolute atomic E-state index is 2.50. The highest BCUT2D eigenvalue weighted by molar-refractivity contribution is 5.35. The van der Waals surface area contributed by atoms with E-state index in [1.165, 1.54) is 6.42 Å². The van der Waals surface area contributed by atoms with Crippen LogP contribution in [0, 0.1) is 22.7 Å². The Balaban J connectivity index is 2.37. The van der Waals surface area contributed by atoms with Gasteiger partial charge in [-0.05, 0) is 36.0 Å². The van der Waals surface area contributed by atoms with E-state index in [0.717, 1.165) is 11.8 Å². The zero-order valence-corrected chi connectivity index (χ0v) is 8.94. The highest BCUT2D eigenvalue weighted by Gasteiger charge is 2.67. The van der Waals surface area contributed by atoms with E-state index in [4.69, 9.17) is 0 Å². The fourth-order valence-corrected chi connectivity index (χ4v) is 3.74. The predicted octanol–water partition coefficient (Wildman–Crippen LogP) is 3.63. The molecule has 0 heterocycles. The number of rotatable bonds is 1. The molecule has 0 N–H and O–H groups in total. The molecule has 0 amide bonds. The third-order valence-corrected chi connectivity index (χ3v) is 4.37. The number of hydrogen-bond acceptors (Lipinski definition) is 0. The number of allylic oxidation sites excluding steroid dienone is 2. The maximum atomic E-state index is 2.50. The zero-order valence-electron chi connectivity index (χ0n) is 8.94. The molecule has 1 saturated carbocycles. The van der Waals surface area contributed by atoms with Gasteiger partial charge in [0.2, 0.25) is 0 Å². The van der Waals surface area contributed by atoms with E-state index < -0.39 is 0 Å². The summed E-state index contributed by atoms with van der Waals surface area (Å²) in [6.45, 7) is 11.9. The summed E-state index contributed by atoms with van der Waals surface area (Å²) >= 11 is 0. The van der Waals surface area contributed by atoms with Crippen LogP contribution >= 0.6 is 0 Å². The van der Waals surface area contributed by atoms with Crippen LogP contribution in [0.15, 0.2) is 11.6 Å². The van der Waals surface area contributed by atoms with Crippen molar-refractivity contribution >= 4 is 0 Å². The van der Waals surface area contributed by atoms with Crippen molar-refractivity contribution in [3.63, 3.8) is 0 Å². The van der Waals surface area contributed by atoms with Gasteiger partial charge < -0.3 is 0 Å². The number of hydrogen-bond donors (Lipinski definition) is 0. The lowest BCUT2D eigenvalue weighted by molar-refractivity contribution is 0.183. The van der Waals surface area contributed by atoms with Crippen LogP contribution in [0.5, 0.6) is 0 Å². The molecule has 0 saturated heterocycles. The Morgan fingerprint density at radius 2 is 2.00 bits per heavy atom. The lowest BCUT2D eigenvalue weighted by Gasteiger charge is -2.33. The predicted molar refractivity (Wildman–Crippen MR) is 52.9 cm³/mol. The molecule has 2 aliphatic rings. The molecule has 0 aromatic carbocycles. The second-order valence-corrected chi connectivity index (χ2v) is 5.56. The van der Waals surface area contributed by atoms with Crippen LogP contribution in [0.25, 0.3) is 0 Å². The summed E-state index contributed by atoms with van der Waals surface area (Å²) in [5.41, 5.74) is 2.74. The normalized spacial score (nSPS) is 42.8. The molecule has 2 aliphatic carbocycles. The summed E-state index contributed by atoms with van der Waals surface area (Å²) in [4.78, 5) is 0. The van der Waals surface area contributed by atoms with Crippen LogP contribution in [0.4, 0.5) is 0 Å². The van der Waals surface area contributed by atoms with Crippen LogP contribution in [-0.4, -0.2) is 0 Å². The molecule has 2 atom stereocenters. The Kier molecular flexibility index (Phi) is 1.37. The van der Waals surface area contributed by atoms with Gasteiger partial charge in [-0.15, -0.1) is 0 Å². The second-order valence-electron chi connectivity index (χ2n) is 5.56. The fraction of sp³-hybridized carbons (Fsp3) is 0.833. The second kappa shape index (κ2) is 1.97. The summed E-state index contributed by atoms with van der Waals surface area (Å²) in [5.74, 6) is 1.76. The Hall–Kier alpha value is -0.260. The van der Waals surface area contributed by atoms with E-state index in [-0.39, 0.29) is 0 Å². The van der Waals surface area contributed by atoms with E-state index in [1.54, 1.807) is 5.57 Å². The minimum Gasteiger partial charge on any atom is -0.0790 e. The van der Waals surface area contributed by atoms with Crippen molar-refractivity contribution in [2.24, 2.45) is 22.7 Å². The van der Waals surface area contributed by atoms with E-state index in [0.29, 0.717) is 10.8 Å². The molecular weight excluding hydrogens is 144 g/mol. The van der Waals surface area contributed by atoms with Crippen LogP contribution in [0.2, 0.25) is 0 Å². The van der Waals surface area contributed by atoms with Gasteiger partial charge in [-0.1, -0.05) is 39.3 Å². The van der Waals surface area contributed by atoms with Gasteiger partial charge in [0, 0.05) is 0 Å². The Bertz CT molecular complexity index is 245. The molecule has 68 valence electrons. The lowest BCUT2D eigenvalue weighted by atomic mass is 9.71. The van der Waals surface area contributed by atoms with Crippen LogP contribution in [0.1, 0.15) is 41.0 Å². The first-order chi connectivity index (χ1) is 5.42. The summed E-state index contributed by atoms with van der Waals surface area (Å²) in [6.07, 6.45) is 3.95. The van der Waals surface area contributed by atoms with Gasteiger partial charge in [0.05, 0.1) is 0 Å². The van der Waals surface area contributed by atoms with Gasteiger partial charge in [-0.25, -0.2) is 0 Å². The average Bonchev–Trinajstić information content (AvgIpc) is 2.54. The first kappa shape index (κ1) is 8.34. The largest absolute Gasteiger partial charge is 0.0790 e. The molecule has 0 heteroatoms. The van der Waals surface area contributed by atoms with Gasteiger partial charge in [0.1, 0.15) is 0 Å². The quantitative estimate of drug-likeness (QED) is 0.519. The molecule has 0 nitrogen and oxygen atoms in total. The Morgan fingerprint density at radius 3 is 2.17 bits per heavy atom. The van der Waals surface area contributed by atoms with E-state index in [1.807, 2.05) is 0 Å². The highest BCUT2D eigenvalue weighted by Crippen LogP contribution is 2.74. The summed E-state index contributed by atoms with van der Waals surface area (Å²) in [5, 5.41) is 0. The molecule has 0 aliphatic heterocycles. The summed E-state index contributed by atoms with van der Waals surface area (Å²) in [7, 11) is 0. The molecule has 0 radical (unpaired) electrons. The van der Waals surface area contributed by atoms with Crippen molar-refractivity contribution in [3.05, 3.63) is 11.6 Å². The Labute approximate surface area is 76.1 Å². The molecule has 2 unspecified atom stereocenters. The third-order valence-electron chi connectivity index (χ3n) is 4.37. The molecule has 1 fully saturated rings.